The third kappa shape index (κ3) is 4.68. The number of ether oxygens (including phenoxy) is 1. The lowest BCUT2D eigenvalue weighted by atomic mass is 10.1. The monoisotopic (exact) mass is 441 g/mol. The SMILES string of the molecule is N#Cc1cc(NC(=O)c2cc3ccccc3cn2)ccc1N1CCN(C2CCOCC2)CC1. The van der Waals surface area contributed by atoms with Crippen LogP contribution in [0.1, 0.15) is 28.9 Å². The molecule has 7 heteroatoms. The van der Waals surface area contributed by atoms with Gasteiger partial charge in [0.05, 0.1) is 11.3 Å². The molecular weight excluding hydrogens is 414 g/mol. The van der Waals surface area contributed by atoms with Gasteiger partial charge in [0.25, 0.3) is 5.91 Å². The Hall–Kier alpha value is -3.47. The fourth-order valence-corrected chi connectivity index (χ4v) is 4.76. The molecule has 2 fully saturated rings. The van der Waals surface area contributed by atoms with Gasteiger partial charge in [0, 0.05) is 62.7 Å². The first kappa shape index (κ1) is 21.4. The molecule has 0 unspecified atom stereocenters. The van der Waals surface area contributed by atoms with Crippen molar-refractivity contribution in [3.8, 4) is 6.07 Å². The van der Waals surface area contributed by atoms with E-state index >= 15 is 0 Å². The lowest BCUT2D eigenvalue weighted by Gasteiger charge is -2.41. The van der Waals surface area contributed by atoms with Crippen molar-refractivity contribution in [1.29, 1.82) is 5.26 Å². The van der Waals surface area contributed by atoms with E-state index in [2.05, 4.69) is 26.2 Å². The van der Waals surface area contributed by atoms with Crippen molar-refractivity contribution in [1.82, 2.24) is 9.88 Å². The Morgan fingerprint density at radius 1 is 1.03 bits per heavy atom. The number of pyridine rings is 1. The van der Waals surface area contributed by atoms with E-state index in [-0.39, 0.29) is 5.91 Å². The normalized spacial score (nSPS) is 17.6. The van der Waals surface area contributed by atoms with Gasteiger partial charge in [0.1, 0.15) is 11.8 Å². The fraction of sp³-hybridized carbons (Fsp3) is 0.346. The summed E-state index contributed by atoms with van der Waals surface area (Å²) in [6.45, 7) is 5.46. The highest BCUT2D eigenvalue weighted by Gasteiger charge is 2.26. The van der Waals surface area contributed by atoms with Crippen LogP contribution in [0.25, 0.3) is 10.8 Å². The van der Waals surface area contributed by atoms with Crippen LogP contribution in [0.3, 0.4) is 0 Å². The summed E-state index contributed by atoms with van der Waals surface area (Å²) in [7, 11) is 0. The number of carbonyl (C=O) groups excluding carboxylic acids is 1. The summed E-state index contributed by atoms with van der Waals surface area (Å²) in [6, 6.07) is 18.0. The van der Waals surface area contributed by atoms with Gasteiger partial charge in [-0.1, -0.05) is 24.3 Å². The molecule has 1 aromatic heterocycles. The van der Waals surface area contributed by atoms with Crippen LogP contribution in [0, 0.1) is 11.3 Å². The average molecular weight is 442 g/mol. The number of piperazine rings is 1. The molecule has 168 valence electrons. The first-order valence-electron chi connectivity index (χ1n) is 11.5. The summed E-state index contributed by atoms with van der Waals surface area (Å²) in [5, 5.41) is 14.6. The smallest absolute Gasteiger partial charge is 0.274 e. The molecule has 0 atom stereocenters. The van der Waals surface area contributed by atoms with Crippen molar-refractivity contribution >= 4 is 28.1 Å². The highest BCUT2D eigenvalue weighted by atomic mass is 16.5. The number of hydrogen-bond acceptors (Lipinski definition) is 6. The summed E-state index contributed by atoms with van der Waals surface area (Å²) in [5.41, 5.74) is 2.43. The molecule has 0 bridgehead atoms. The van der Waals surface area contributed by atoms with E-state index in [0.717, 1.165) is 68.7 Å². The van der Waals surface area contributed by atoms with Crippen molar-refractivity contribution in [3.05, 3.63) is 66.0 Å². The summed E-state index contributed by atoms with van der Waals surface area (Å²) < 4.78 is 5.49. The Bertz CT molecular complexity index is 1190. The quantitative estimate of drug-likeness (QED) is 0.666. The van der Waals surface area contributed by atoms with Crippen LogP contribution in [0.2, 0.25) is 0 Å². The van der Waals surface area contributed by atoms with Crippen LogP contribution in [-0.4, -0.2) is 61.2 Å². The van der Waals surface area contributed by atoms with Gasteiger partial charge in [0.2, 0.25) is 0 Å². The third-order valence-electron chi connectivity index (χ3n) is 6.60. The lowest BCUT2D eigenvalue weighted by Crippen LogP contribution is -2.51. The molecule has 1 N–H and O–H groups in total. The van der Waals surface area contributed by atoms with Gasteiger partial charge in [-0.2, -0.15) is 5.26 Å². The van der Waals surface area contributed by atoms with E-state index in [9.17, 15) is 10.1 Å². The number of amides is 1. The zero-order valence-electron chi connectivity index (χ0n) is 18.5. The number of benzene rings is 2. The molecule has 2 aromatic carbocycles. The molecule has 3 aromatic rings. The van der Waals surface area contributed by atoms with Gasteiger partial charge in [-0.15, -0.1) is 0 Å². The third-order valence-corrected chi connectivity index (χ3v) is 6.60. The van der Waals surface area contributed by atoms with Crippen LogP contribution in [0.15, 0.2) is 54.7 Å². The summed E-state index contributed by atoms with van der Waals surface area (Å²) in [5.74, 6) is -0.289. The zero-order chi connectivity index (χ0) is 22.6. The second-order valence-electron chi connectivity index (χ2n) is 8.58. The minimum atomic E-state index is -0.289. The van der Waals surface area contributed by atoms with Gasteiger partial charge in [-0.25, -0.2) is 0 Å². The van der Waals surface area contributed by atoms with Crippen molar-refractivity contribution in [2.24, 2.45) is 0 Å². The lowest BCUT2D eigenvalue weighted by molar-refractivity contribution is 0.0321. The van der Waals surface area contributed by atoms with E-state index in [1.807, 2.05) is 36.4 Å². The molecule has 5 rings (SSSR count). The van der Waals surface area contributed by atoms with Gasteiger partial charge < -0.3 is 15.0 Å². The molecular formula is C26H27N5O2. The minimum Gasteiger partial charge on any atom is -0.381 e. The van der Waals surface area contributed by atoms with Crippen LogP contribution >= 0.6 is 0 Å². The van der Waals surface area contributed by atoms with Crippen molar-refractivity contribution in [2.75, 3.05) is 49.6 Å². The molecule has 2 saturated heterocycles. The molecule has 7 nitrogen and oxygen atoms in total. The summed E-state index contributed by atoms with van der Waals surface area (Å²) >= 11 is 0. The molecule has 2 aliphatic rings. The predicted molar refractivity (Wildman–Crippen MR) is 128 cm³/mol. The molecule has 3 heterocycles. The van der Waals surface area contributed by atoms with Gasteiger partial charge in [0.15, 0.2) is 0 Å². The zero-order valence-corrected chi connectivity index (χ0v) is 18.5. The maximum absolute atomic E-state index is 12.7. The first-order valence-corrected chi connectivity index (χ1v) is 11.5. The van der Waals surface area contributed by atoms with E-state index in [4.69, 9.17) is 4.74 Å². The number of carbonyl (C=O) groups is 1. The maximum Gasteiger partial charge on any atom is 0.274 e. The Morgan fingerprint density at radius 3 is 2.55 bits per heavy atom. The highest BCUT2D eigenvalue weighted by molar-refractivity contribution is 6.05. The number of rotatable bonds is 4. The molecule has 0 spiro atoms. The van der Waals surface area contributed by atoms with Crippen LogP contribution in [-0.2, 0) is 4.74 Å². The molecule has 0 aliphatic carbocycles. The van der Waals surface area contributed by atoms with E-state index in [0.29, 0.717) is 23.0 Å². The number of nitriles is 1. The first-order chi connectivity index (χ1) is 16.2. The number of anilines is 2. The molecule has 0 radical (unpaired) electrons. The van der Waals surface area contributed by atoms with Crippen LogP contribution in [0.4, 0.5) is 11.4 Å². The summed E-state index contributed by atoms with van der Waals surface area (Å²) in [6.07, 6.45) is 3.90. The topological polar surface area (TPSA) is 81.5 Å². The van der Waals surface area contributed by atoms with Crippen LogP contribution < -0.4 is 10.2 Å². The van der Waals surface area contributed by atoms with Crippen molar-refractivity contribution < 1.29 is 9.53 Å². The molecule has 2 aliphatic heterocycles. The van der Waals surface area contributed by atoms with E-state index in [1.54, 1.807) is 18.3 Å². The van der Waals surface area contributed by atoms with Crippen molar-refractivity contribution in [3.63, 3.8) is 0 Å². The largest absolute Gasteiger partial charge is 0.381 e. The average Bonchev–Trinajstić information content (AvgIpc) is 2.89. The Kier molecular flexibility index (Phi) is 6.20. The standard InChI is InChI=1S/C26H27N5O2/c27-17-21-15-22(29-26(32)24-16-19-3-1-2-4-20(19)18-28-24)5-6-25(21)31-11-9-30(10-12-31)23-7-13-33-14-8-23/h1-6,15-16,18,23H,7-14H2,(H,29,32). The molecule has 33 heavy (non-hydrogen) atoms. The Morgan fingerprint density at radius 2 is 1.79 bits per heavy atom. The van der Waals surface area contributed by atoms with Gasteiger partial charge in [-0.3, -0.25) is 14.7 Å². The highest BCUT2D eigenvalue weighted by Crippen LogP contribution is 2.26. The number of aromatic nitrogens is 1. The van der Waals surface area contributed by atoms with E-state index in [1.165, 1.54) is 0 Å². The second kappa shape index (κ2) is 9.57. The Balaban J connectivity index is 1.26. The van der Waals surface area contributed by atoms with Crippen molar-refractivity contribution in [2.45, 2.75) is 18.9 Å². The minimum absolute atomic E-state index is 0.289. The summed E-state index contributed by atoms with van der Waals surface area (Å²) in [4.78, 5) is 21.9. The second-order valence-corrected chi connectivity index (χ2v) is 8.58. The maximum atomic E-state index is 12.7. The number of nitrogens with one attached hydrogen (secondary N) is 1. The number of nitrogens with zero attached hydrogens (tertiary/aromatic N) is 4. The number of hydrogen-bond donors (Lipinski definition) is 1. The van der Waals surface area contributed by atoms with Crippen LogP contribution in [0.5, 0.6) is 0 Å². The van der Waals surface area contributed by atoms with Gasteiger partial charge >= 0.3 is 0 Å². The predicted octanol–water partition coefficient (Wildman–Crippen LogP) is 3.66. The van der Waals surface area contributed by atoms with E-state index < -0.39 is 0 Å². The van der Waals surface area contributed by atoms with Gasteiger partial charge in [-0.05, 0) is 42.5 Å². The molecule has 1 amide bonds. The number of fused-ring (bicyclic) bond motifs is 1. The molecule has 0 saturated carbocycles. The fourth-order valence-electron chi connectivity index (χ4n) is 4.76. The Labute approximate surface area is 193 Å².